The Balaban J connectivity index is 1.80. The van der Waals surface area contributed by atoms with Gasteiger partial charge in [-0.1, -0.05) is 40.9 Å². The zero-order chi connectivity index (χ0) is 16.6. The van der Waals surface area contributed by atoms with Crippen molar-refractivity contribution in [3.8, 4) is 0 Å². The monoisotopic (exact) mass is 410 g/mol. The summed E-state index contributed by atoms with van der Waals surface area (Å²) in [6.45, 7) is 0. The maximum absolute atomic E-state index is 12.4. The maximum Gasteiger partial charge on any atom is 0.258 e. The van der Waals surface area contributed by atoms with E-state index in [1.165, 1.54) is 30.2 Å². The molecular formula is C12H9Cl3N4O2S2. The molecule has 0 aliphatic carbocycles. The molecule has 0 bridgehead atoms. The van der Waals surface area contributed by atoms with Gasteiger partial charge in [0.05, 0.1) is 21.0 Å². The van der Waals surface area contributed by atoms with Crippen LogP contribution in [-0.2, 0) is 10.0 Å². The van der Waals surface area contributed by atoms with Crippen LogP contribution in [-0.4, -0.2) is 26.0 Å². The molecule has 23 heavy (non-hydrogen) atoms. The predicted molar refractivity (Wildman–Crippen MR) is 94.9 cm³/mol. The van der Waals surface area contributed by atoms with Gasteiger partial charge in [-0.2, -0.15) is 0 Å². The highest BCUT2D eigenvalue weighted by molar-refractivity contribution is 8.03. The Morgan fingerprint density at radius 2 is 1.87 bits per heavy atom. The fourth-order valence-corrected chi connectivity index (χ4v) is 4.78. The Hall–Kier alpha value is -0.770. The van der Waals surface area contributed by atoms with Gasteiger partial charge in [-0.15, -0.1) is 16.6 Å². The quantitative estimate of drug-likeness (QED) is 0.591. The maximum atomic E-state index is 12.4. The van der Waals surface area contributed by atoms with E-state index >= 15 is 0 Å². The highest BCUT2D eigenvalue weighted by Gasteiger charge is 2.30. The number of sulfonamides is 1. The van der Waals surface area contributed by atoms with Crippen molar-refractivity contribution >= 4 is 68.8 Å². The number of hydrazine groups is 1. The van der Waals surface area contributed by atoms with Crippen LogP contribution in [0.4, 0.5) is 0 Å². The number of nitrogens with one attached hydrogen (secondary N) is 2. The van der Waals surface area contributed by atoms with Gasteiger partial charge in [-0.05, 0) is 17.5 Å². The van der Waals surface area contributed by atoms with Gasteiger partial charge in [0.25, 0.3) is 10.0 Å². The third kappa shape index (κ3) is 3.52. The van der Waals surface area contributed by atoms with E-state index in [-0.39, 0.29) is 31.3 Å². The third-order valence-corrected chi connectivity index (χ3v) is 6.56. The van der Waals surface area contributed by atoms with Gasteiger partial charge < -0.3 is 0 Å². The van der Waals surface area contributed by atoms with Gasteiger partial charge in [0.15, 0.2) is 0 Å². The first-order chi connectivity index (χ1) is 10.9. The van der Waals surface area contributed by atoms with Crippen LogP contribution in [0.15, 0.2) is 38.5 Å². The van der Waals surface area contributed by atoms with Crippen molar-refractivity contribution in [1.29, 1.82) is 0 Å². The summed E-state index contributed by atoms with van der Waals surface area (Å²) < 4.78 is 24.8. The number of hydrogen-bond donors (Lipinski definition) is 2. The van der Waals surface area contributed by atoms with Crippen molar-refractivity contribution in [2.75, 3.05) is 0 Å². The van der Waals surface area contributed by atoms with Crippen LogP contribution in [0.2, 0.25) is 15.1 Å². The molecule has 1 aromatic rings. The molecule has 11 heteroatoms. The van der Waals surface area contributed by atoms with Gasteiger partial charge >= 0.3 is 0 Å². The van der Waals surface area contributed by atoms with Gasteiger partial charge in [0.2, 0.25) is 0 Å². The van der Waals surface area contributed by atoms with Gasteiger partial charge in [0.1, 0.15) is 22.4 Å². The zero-order valence-corrected chi connectivity index (χ0v) is 15.1. The molecule has 2 atom stereocenters. The van der Waals surface area contributed by atoms with Crippen LogP contribution in [0.25, 0.3) is 0 Å². The minimum Gasteiger partial charge on any atom is -0.295 e. The Labute approximate surface area is 152 Å². The Morgan fingerprint density at radius 3 is 2.65 bits per heavy atom. The molecule has 2 heterocycles. The van der Waals surface area contributed by atoms with Crippen LogP contribution in [0.3, 0.4) is 0 Å². The molecule has 3 rings (SSSR count). The van der Waals surface area contributed by atoms with E-state index in [0.29, 0.717) is 5.84 Å². The molecular weight excluding hydrogens is 403 g/mol. The lowest BCUT2D eigenvalue weighted by molar-refractivity contribution is 0.575. The van der Waals surface area contributed by atoms with Crippen LogP contribution >= 0.6 is 46.6 Å². The van der Waals surface area contributed by atoms with Crippen molar-refractivity contribution in [3.05, 3.63) is 38.7 Å². The second-order valence-corrected chi connectivity index (χ2v) is 8.49. The van der Waals surface area contributed by atoms with Crippen molar-refractivity contribution in [3.63, 3.8) is 0 Å². The number of aliphatic imine (C=N–C) groups is 2. The largest absolute Gasteiger partial charge is 0.295 e. The standard InChI is InChI=1S/C12H9Cl3N4O2S2/c13-7-3-9(15)10(4-8(7)14)23(20,21)19-18-11-6-1-2-22-12(6)17-5-16-11/h1-6,12,19H,(H,16,17,18)/t6-,12+/m0/s1. The van der Waals surface area contributed by atoms with Crippen LogP contribution in [0.5, 0.6) is 0 Å². The third-order valence-electron chi connectivity index (χ3n) is 3.12. The van der Waals surface area contributed by atoms with E-state index in [1.54, 1.807) is 0 Å². The molecule has 0 aromatic heterocycles. The summed E-state index contributed by atoms with van der Waals surface area (Å²) in [7, 11) is -3.95. The summed E-state index contributed by atoms with van der Waals surface area (Å²) in [5.74, 6) is 0.336. The van der Waals surface area contributed by atoms with E-state index in [9.17, 15) is 8.42 Å². The number of benzene rings is 1. The lowest BCUT2D eigenvalue weighted by Crippen LogP contribution is -2.46. The molecule has 0 amide bonds. The van der Waals surface area contributed by atoms with Gasteiger partial charge in [0, 0.05) is 0 Å². The van der Waals surface area contributed by atoms with Crippen molar-refractivity contribution in [2.24, 2.45) is 15.9 Å². The molecule has 0 radical (unpaired) electrons. The SMILES string of the molecule is O=S(=O)(NNC1=NC=N[C@@H]2SC=C[C@@H]12)c1cc(Cl)c(Cl)cc1Cl. The van der Waals surface area contributed by atoms with E-state index in [2.05, 4.69) is 20.2 Å². The minimum atomic E-state index is -3.95. The summed E-state index contributed by atoms with van der Waals surface area (Å²) in [5.41, 5.74) is 2.61. The van der Waals surface area contributed by atoms with E-state index in [0.717, 1.165) is 0 Å². The summed E-state index contributed by atoms with van der Waals surface area (Å²) in [6.07, 6.45) is 3.29. The number of hydrogen-bond acceptors (Lipinski definition) is 6. The molecule has 6 nitrogen and oxygen atoms in total. The molecule has 122 valence electrons. The second-order valence-electron chi connectivity index (χ2n) is 4.59. The molecule has 0 unspecified atom stereocenters. The second kappa shape index (κ2) is 6.62. The molecule has 2 aliphatic heterocycles. The number of fused-ring (bicyclic) bond motifs is 1. The zero-order valence-electron chi connectivity index (χ0n) is 11.2. The first kappa shape index (κ1) is 17.1. The van der Waals surface area contributed by atoms with Gasteiger partial charge in [-0.25, -0.2) is 13.4 Å². The minimum absolute atomic E-state index is 0.0324. The van der Waals surface area contributed by atoms with Crippen LogP contribution in [0, 0.1) is 5.92 Å². The number of halogens is 3. The van der Waals surface area contributed by atoms with E-state index < -0.39 is 10.0 Å². The van der Waals surface area contributed by atoms with Gasteiger partial charge in [-0.3, -0.25) is 10.4 Å². The average Bonchev–Trinajstić information content (AvgIpc) is 2.97. The normalized spacial score (nSPS) is 22.8. The molecule has 2 N–H and O–H groups in total. The summed E-state index contributed by atoms with van der Waals surface area (Å²) >= 11 is 19.1. The number of amidine groups is 1. The fraction of sp³-hybridized carbons (Fsp3) is 0.167. The topological polar surface area (TPSA) is 82.9 Å². The molecule has 1 aromatic carbocycles. The number of rotatable bonds is 3. The molecule has 2 aliphatic rings. The van der Waals surface area contributed by atoms with E-state index in [4.69, 9.17) is 34.8 Å². The van der Waals surface area contributed by atoms with Crippen LogP contribution < -0.4 is 10.3 Å². The lowest BCUT2D eigenvalue weighted by atomic mass is 10.1. The number of thioether (sulfide) groups is 1. The van der Waals surface area contributed by atoms with Crippen LogP contribution in [0.1, 0.15) is 0 Å². The fourth-order valence-electron chi connectivity index (χ4n) is 1.99. The molecule has 0 fully saturated rings. The Kier molecular flexibility index (Phi) is 4.91. The Morgan fingerprint density at radius 1 is 1.13 bits per heavy atom. The van der Waals surface area contributed by atoms with Crippen molar-refractivity contribution < 1.29 is 8.42 Å². The molecule has 0 saturated carbocycles. The first-order valence-corrected chi connectivity index (χ1v) is 9.78. The predicted octanol–water partition coefficient (Wildman–Crippen LogP) is 3.07. The van der Waals surface area contributed by atoms with Crippen molar-refractivity contribution in [1.82, 2.24) is 10.3 Å². The number of nitrogens with zero attached hydrogens (tertiary/aromatic N) is 2. The Bertz CT molecular complexity index is 839. The smallest absolute Gasteiger partial charge is 0.258 e. The molecule has 0 spiro atoms. The lowest BCUT2D eigenvalue weighted by Gasteiger charge is -2.21. The molecule has 0 saturated heterocycles. The summed E-state index contributed by atoms with van der Waals surface area (Å²) in [6, 6.07) is 2.46. The van der Waals surface area contributed by atoms with Crippen molar-refractivity contribution in [2.45, 2.75) is 10.3 Å². The summed E-state index contributed by atoms with van der Waals surface area (Å²) in [4.78, 5) is 10.3. The van der Waals surface area contributed by atoms with E-state index in [1.807, 2.05) is 11.5 Å². The average molecular weight is 412 g/mol. The highest BCUT2D eigenvalue weighted by Crippen LogP contribution is 2.33. The first-order valence-electron chi connectivity index (χ1n) is 6.22. The summed E-state index contributed by atoms with van der Waals surface area (Å²) in [5, 5.41) is 2.10. The highest BCUT2D eigenvalue weighted by atomic mass is 35.5.